The van der Waals surface area contributed by atoms with E-state index in [4.69, 9.17) is 11.6 Å². The van der Waals surface area contributed by atoms with Crippen LogP contribution in [0, 0.1) is 12.7 Å². The van der Waals surface area contributed by atoms with E-state index in [9.17, 15) is 9.59 Å². The van der Waals surface area contributed by atoms with Crippen LogP contribution in [0.15, 0.2) is 79.3 Å². The van der Waals surface area contributed by atoms with Gasteiger partial charge >= 0.3 is 0 Å². The fraction of sp³-hybridized carbons (Fsp3) is 0.212. The Kier molecular flexibility index (Phi) is 7.92. The molecule has 43 heavy (non-hydrogen) atoms. The first kappa shape index (κ1) is 28.5. The summed E-state index contributed by atoms with van der Waals surface area (Å²) in [7, 11) is 0. The smallest absolute Gasteiger partial charge is 0.257 e. The SMILES string of the molecule is CCc1cn(CC(=O)N2NCCC2C(=O)Nc2cccc(-c3ccccc3Cl)c2F)c2ccc(-c3cnc(C)nc3)cc12. The Morgan fingerprint density at radius 2 is 1.81 bits per heavy atom. The lowest BCUT2D eigenvalue weighted by atomic mass is 10.0. The minimum atomic E-state index is -0.795. The van der Waals surface area contributed by atoms with Crippen LogP contribution in [0.4, 0.5) is 10.1 Å². The summed E-state index contributed by atoms with van der Waals surface area (Å²) in [6.45, 7) is 4.41. The van der Waals surface area contributed by atoms with Crippen LogP contribution in [0.3, 0.4) is 0 Å². The molecule has 0 aliphatic carbocycles. The Morgan fingerprint density at radius 1 is 1.05 bits per heavy atom. The lowest BCUT2D eigenvalue weighted by molar-refractivity contribution is -0.140. The molecule has 10 heteroatoms. The number of hydrazine groups is 1. The summed E-state index contributed by atoms with van der Waals surface area (Å²) < 4.78 is 17.4. The predicted molar refractivity (Wildman–Crippen MR) is 166 cm³/mol. The van der Waals surface area contributed by atoms with Crippen molar-refractivity contribution in [1.82, 2.24) is 25.0 Å². The van der Waals surface area contributed by atoms with Crippen LogP contribution in [0.2, 0.25) is 5.02 Å². The zero-order valence-electron chi connectivity index (χ0n) is 23.8. The van der Waals surface area contributed by atoms with E-state index in [1.807, 2.05) is 29.8 Å². The quantitative estimate of drug-likeness (QED) is 0.234. The van der Waals surface area contributed by atoms with Crippen molar-refractivity contribution >= 4 is 40.0 Å². The summed E-state index contributed by atoms with van der Waals surface area (Å²) in [5.74, 6) is -0.610. The van der Waals surface area contributed by atoms with Gasteiger partial charge in [0.15, 0.2) is 5.82 Å². The molecule has 1 saturated heterocycles. The Bertz CT molecular complexity index is 1840. The van der Waals surface area contributed by atoms with Gasteiger partial charge in [-0.1, -0.05) is 54.9 Å². The van der Waals surface area contributed by atoms with Gasteiger partial charge in [-0.3, -0.25) is 14.6 Å². The third-order valence-corrected chi connectivity index (χ3v) is 8.10. The van der Waals surface area contributed by atoms with Gasteiger partial charge in [0.25, 0.3) is 5.91 Å². The molecule has 3 heterocycles. The van der Waals surface area contributed by atoms with Crippen LogP contribution in [0.25, 0.3) is 33.2 Å². The third-order valence-electron chi connectivity index (χ3n) is 7.77. The van der Waals surface area contributed by atoms with Crippen molar-refractivity contribution < 1.29 is 14.0 Å². The first-order valence-electron chi connectivity index (χ1n) is 14.1. The molecule has 0 spiro atoms. The van der Waals surface area contributed by atoms with Crippen molar-refractivity contribution in [2.75, 3.05) is 11.9 Å². The number of aryl methyl sites for hydroxylation is 2. The second-order valence-corrected chi connectivity index (χ2v) is 10.9. The molecule has 6 rings (SSSR count). The predicted octanol–water partition coefficient (Wildman–Crippen LogP) is 6.17. The zero-order valence-corrected chi connectivity index (χ0v) is 24.5. The molecule has 5 aromatic rings. The Hall–Kier alpha value is -4.60. The van der Waals surface area contributed by atoms with E-state index in [2.05, 4.69) is 33.7 Å². The molecule has 0 radical (unpaired) electrons. The van der Waals surface area contributed by atoms with Crippen molar-refractivity contribution in [3.63, 3.8) is 0 Å². The maximum atomic E-state index is 15.5. The number of carbonyl (C=O) groups excluding carboxylic acids is 2. The molecule has 1 unspecified atom stereocenters. The molecule has 2 amide bonds. The third kappa shape index (κ3) is 5.61. The molecule has 1 aliphatic rings. The first-order valence-corrected chi connectivity index (χ1v) is 14.5. The second kappa shape index (κ2) is 11.9. The second-order valence-electron chi connectivity index (χ2n) is 10.5. The lowest BCUT2D eigenvalue weighted by Crippen LogP contribution is -2.49. The fourth-order valence-electron chi connectivity index (χ4n) is 5.53. The molecule has 0 bridgehead atoms. The number of nitrogens with one attached hydrogen (secondary N) is 2. The summed E-state index contributed by atoms with van der Waals surface area (Å²) in [5.41, 5.74) is 7.82. The molecule has 1 atom stereocenters. The number of hydrogen-bond acceptors (Lipinski definition) is 5. The largest absolute Gasteiger partial charge is 0.338 e. The summed E-state index contributed by atoms with van der Waals surface area (Å²) >= 11 is 6.29. The minimum absolute atomic E-state index is 0.0282. The van der Waals surface area contributed by atoms with Gasteiger partial charge < -0.3 is 9.88 Å². The van der Waals surface area contributed by atoms with Crippen LogP contribution >= 0.6 is 11.6 Å². The fourth-order valence-corrected chi connectivity index (χ4v) is 5.77. The van der Waals surface area contributed by atoms with Crippen molar-refractivity contribution in [1.29, 1.82) is 0 Å². The van der Waals surface area contributed by atoms with Gasteiger partial charge in [-0.15, -0.1) is 0 Å². The number of halogens is 2. The highest BCUT2D eigenvalue weighted by molar-refractivity contribution is 6.33. The number of nitrogens with zero attached hydrogens (tertiary/aromatic N) is 4. The van der Waals surface area contributed by atoms with Gasteiger partial charge in [0.1, 0.15) is 18.4 Å². The van der Waals surface area contributed by atoms with Gasteiger partial charge in [0.05, 0.1) is 5.69 Å². The number of aromatic nitrogens is 3. The van der Waals surface area contributed by atoms with Crippen LogP contribution in [0.1, 0.15) is 24.7 Å². The summed E-state index contributed by atoms with van der Waals surface area (Å²) in [5, 5.41) is 5.51. The topological polar surface area (TPSA) is 92.2 Å². The summed E-state index contributed by atoms with van der Waals surface area (Å²) in [6, 6.07) is 17.0. The van der Waals surface area contributed by atoms with E-state index in [1.165, 1.54) is 11.1 Å². The van der Waals surface area contributed by atoms with Gasteiger partial charge in [-0.05, 0) is 55.2 Å². The van der Waals surface area contributed by atoms with E-state index in [-0.39, 0.29) is 23.7 Å². The summed E-state index contributed by atoms with van der Waals surface area (Å²) in [6.07, 6.45) is 6.78. The highest BCUT2D eigenvalue weighted by atomic mass is 35.5. The number of rotatable bonds is 7. The van der Waals surface area contributed by atoms with Crippen molar-refractivity contribution in [3.05, 3.63) is 101 Å². The van der Waals surface area contributed by atoms with Crippen LogP contribution in [-0.2, 0) is 22.6 Å². The minimum Gasteiger partial charge on any atom is -0.338 e. The van der Waals surface area contributed by atoms with Gasteiger partial charge in [0, 0.05) is 57.8 Å². The molecule has 0 saturated carbocycles. The molecule has 2 aromatic heterocycles. The molecule has 8 nitrogen and oxygen atoms in total. The van der Waals surface area contributed by atoms with E-state index in [0.717, 1.165) is 34.0 Å². The van der Waals surface area contributed by atoms with Crippen LogP contribution in [-0.4, -0.2) is 43.9 Å². The van der Waals surface area contributed by atoms with Crippen LogP contribution < -0.4 is 10.7 Å². The van der Waals surface area contributed by atoms with Crippen molar-refractivity contribution in [2.45, 2.75) is 39.3 Å². The molecular weight excluding hydrogens is 567 g/mol. The average molecular weight is 597 g/mol. The van der Waals surface area contributed by atoms with E-state index in [0.29, 0.717) is 29.4 Å². The average Bonchev–Trinajstić information content (AvgIpc) is 3.64. The number of carbonyl (C=O) groups is 2. The maximum Gasteiger partial charge on any atom is 0.257 e. The molecule has 1 aliphatic heterocycles. The zero-order chi connectivity index (χ0) is 30.1. The Morgan fingerprint density at radius 3 is 2.58 bits per heavy atom. The first-order chi connectivity index (χ1) is 20.8. The van der Waals surface area contributed by atoms with E-state index in [1.54, 1.807) is 48.8 Å². The summed E-state index contributed by atoms with van der Waals surface area (Å²) in [4.78, 5) is 35.5. The van der Waals surface area contributed by atoms with Gasteiger partial charge in [-0.25, -0.2) is 19.8 Å². The molecular formula is C33H30ClFN6O2. The number of fused-ring (bicyclic) bond motifs is 1. The molecule has 2 N–H and O–H groups in total. The number of amides is 2. The standard InChI is InChI=1S/C33H30ClFN6O2/c1-3-21-18-40(29-12-11-22(15-26(21)29)23-16-36-20(2)37-17-23)19-31(42)41-30(13-14-38-41)33(43)39-28-10-6-8-25(32(28)35)24-7-4-5-9-27(24)34/h4-12,15-18,30,38H,3,13-14,19H2,1-2H3,(H,39,43). The van der Waals surface area contributed by atoms with Crippen LogP contribution in [0.5, 0.6) is 0 Å². The molecule has 1 fully saturated rings. The highest BCUT2D eigenvalue weighted by Gasteiger charge is 2.35. The van der Waals surface area contributed by atoms with Crippen molar-refractivity contribution in [3.8, 4) is 22.3 Å². The monoisotopic (exact) mass is 596 g/mol. The van der Waals surface area contributed by atoms with E-state index >= 15 is 4.39 Å². The highest BCUT2D eigenvalue weighted by Crippen LogP contribution is 2.33. The molecule has 3 aromatic carbocycles. The number of benzene rings is 3. The number of anilines is 1. The normalized spacial score (nSPS) is 14.8. The van der Waals surface area contributed by atoms with E-state index < -0.39 is 17.8 Å². The molecule has 218 valence electrons. The van der Waals surface area contributed by atoms with Gasteiger partial charge in [-0.2, -0.15) is 0 Å². The lowest BCUT2D eigenvalue weighted by Gasteiger charge is -2.24. The Labute approximate surface area is 253 Å². The van der Waals surface area contributed by atoms with Crippen molar-refractivity contribution in [2.24, 2.45) is 0 Å². The maximum absolute atomic E-state index is 15.5. The Balaban J connectivity index is 1.21. The van der Waals surface area contributed by atoms with Gasteiger partial charge in [0.2, 0.25) is 5.91 Å². The number of hydrogen-bond donors (Lipinski definition) is 2.